The maximum atomic E-state index is 12.9. The molecular weight excluding hydrogens is 446 g/mol. The molecule has 0 saturated carbocycles. The molecule has 30 heavy (non-hydrogen) atoms. The van der Waals surface area contributed by atoms with Gasteiger partial charge in [0.2, 0.25) is 21.8 Å². The van der Waals surface area contributed by atoms with Gasteiger partial charge in [-0.25, -0.2) is 8.42 Å². The smallest absolute Gasteiger partial charge is 0.244 e. The topological polar surface area (TPSA) is 86.8 Å². The number of sulfonamides is 1. The van der Waals surface area contributed by atoms with E-state index >= 15 is 0 Å². The number of hydrogen-bond acceptors (Lipinski definition) is 5. The fraction of sp³-hybridized carbons (Fsp3) is 0.300. The van der Waals surface area contributed by atoms with Gasteiger partial charge in [-0.15, -0.1) is 11.8 Å². The molecule has 1 aliphatic rings. The monoisotopic (exact) mass is 467 g/mol. The van der Waals surface area contributed by atoms with E-state index < -0.39 is 15.9 Å². The zero-order valence-corrected chi connectivity index (χ0v) is 19.0. The summed E-state index contributed by atoms with van der Waals surface area (Å²) in [6, 6.07) is 11.5. The summed E-state index contributed by atoms with van der Waals surface area (Å²) < 4.78 is 27.1. The average Bonchev–Trinajstić information content (AvgIpc) is 2.72. The number of carbonyl (C=O) groups excluding carboxylic acids is 2. The third-order valence-electron chi connectivity index (χ3n) is 4.67. The molecule has 1 N–H and O–H groups in total. The van der Waals surface area contributed by atoms with Crippen LogP contribution in [0.4, 0.5) is 11.4 Å². The lowest BCUT2D eigenvalue weighted by atomic mass is 10.2. The van der Waals surface area contributed by atoms with Crippen LogP contribution in [0.1, 0.15) is 13.8 Å². The minimum Gasteiger partial charge on any atom is -0.323 e. The lowest BCUT2D eigenvalue weighted by Gasteiger charge is -2.29. The average molecular weight is 468 g/mol. The van der Waals surface area contributed by atoms with Gasteiger partial charge in [0.15, 0.2) is 0 Å². The molecule has 160 valence electrons. The predicted octanol–water partition coefficient (Wildman–Crippen LogP) is 3.45. The van der Waals surface area contributed by atoms with Crippen LogP contribution in [-0.2, 0) is 19.6 Å². The van der Waals surface area contributed by atoms with Crippen LogP contribution in [0.5, 0.6) is 0 Å². The summed E-state index contributed by atoms with van der Waals surface area (Å²) in [5, 5.41) is 3.08. The first kappa shape index (κ1) is 22.6. The van der Waals surface area contributed by atoms with Crippen LogP contribution < -0.4 is 10.2 Å². The Morgan fingerprint density at radius 1 is 1.20 bits per heavy atom. The van der Waals surface area contributed by atoms with E-state index in [-0.39, 0.29) is 23.1 Å². The first-order valence-corrected chi connectivity index (χ1v) is 12.2. The molecule has 0 aliphatic carbocycles. The van der Waals surface area contributed by atoms with Gasteiger partial charge in [0.25, 0.3) is 0 Å². The van der Waals surface area contributed by atoms with Gasteiger partial charge in [-0.05, 0) is 30.3 Å². The van der Waals surface area contributed by atoms with Crippen molar-refractivity contribution in [3.63, 3.8) is 0 Å². The van der Waals surface area contributed by atoms with Gasteiger partial charge in [0, 0.05) is 18.0 Å². The summed E-state index contributed by atoms with van der Waals surface area (Å²) >= 11 is 7.40. The van der Waals surface area contributed by atoms with Gasteiger partial charge in [-0.3, -0.25) is 9.59 Å². The summed E-state index contributed by atoms with van der Waals surface area (Å²) in [6.07, 6.45) is 0. The van der Waals surface area contributed by atoms with Crippen LogP contribution in [0.2, 0.25) is 5.02 Å². The number of para-hydroxylation sites is 1. The molecule has 0 bridgehead atoms. The minimum absolute atomic E-state index is 0.0942. The standard InChI is InChI=1S/C20H22ClN3O4S2/c1-3-23(4-2)30(27,28)14-9-10-18-17(11-14)24(20(26)13-29-18)12-19(25)22-16-8-6-5-7-15(16)21/h5-11H,3-4,12-13H2,1-2H3,(H,22,25). The highest BCUT2D eigenvalue weighted by molar-refractivity contribution is 8.00. The van der Waals surface area contributed by atoms with Crippen LogP contribution in [0, 0.1) is 0 Å². The molecule has 2 aromatic carbocycles. The van der Waals surface area contributed by atoms with Crippen molar-refractivity contribution < 1.29 is 18.0 Å². The van der Waals surface area contributed by atoms with Crippen molar-refractivity contribution in [3.8, 4) is 0 Å². The summed E-state index contributed by atoms with van der Waals surface area (Å²) in [7, 11) is -3.69. The van der Waals surface area contributed by atoms with Crippen molar-refractivity contribution >= 4 is 56.6 Å². The second kappa shape index (κ2) is 9.38. The van der Waals surface area contributed by atoms with Crippen LogP contribution >= 0.6 is 23.4 Å². The van der Waals surface area contributed by atoms with Gasteiger partial charge < -0.3 is 10.2 Å². The molecule has 0 spiro atoms. The van der Waals surface area contributed by atoms with Crippen molar-refractivity contribution in [2.75, 3.05) is 35.6 Å². The van der Waals surface area contributed by atoms with Crippen molar-refractivity contribution in [2.45, 2.75) is 23.6 Å². The Kier molecular flexibility index (Phi) is 7.07. The number of anilines is 2. The van der Waals surface area contributed by atoms with Crippen molar-refractivity contribution in [3.05, 3.63) is 47.5 Å². The molecule has 0 unspecified atom stereocenters. The Balaban J connectivity index is 1.90. The van der Waals surface area contributed by atoms with Gasteiger partial charge >= 0.3 is 0 Å². The number of hydrogen-bond donors (Lipinski definition) is 1. The van der Waals surface area contributed by atoms with Crippen LogP contribution in [0.15, 0.2) is 52.3 Å². The van der Waals surface area contributed by atoms with Crippen LogP contribution in [0.25, 0.3) is 0 Å². The maximum Gasteiger partial charge on any atom is 0.244 e. The third kappa shape index (κ3) is 4.64. The third-order valence-corrected chi connectivity index (χ3v) is 8.09. The van der Waals surface area contributed by atoms with E-state index in [0.29, 0.717) is 29.5 Å². The summed E-state index contributed by atoms with van der Waals surface area (Å²) in [5.41, 5.74) is 0.861. The van der Waals surface area contributed by atoms with E-state index in [1.54, 1.807) is 44.2 Å². The molecule has 2 aromatic rings. The Bertz CT molecular complexity index is 1070. The maximum absolute atomic E-state index is 12.9. The lowest BCUT2D eigenvalue weighted by molar-refractivity contribution is -0.120. The normalized spacial score (nSPS) is 14.0. The Labute approximate surface area is 185 Å². The fourth-order valence-electron chi connectivity index (χ4n) is 3.12. The fourth-order valence-corrected chi connectivity index (χ4v) is 5.70. The number of halogens is 1. The minimum atomic E-state index is -3.69. The van der Waals surface area contributed by atoms with E-state index in [1.165, 1.54) is 33.1 Å². The first-order chi connectivity index (χ1) is 14.3. The first-order valence-electron chi connectivity index (χ1n) is 9.39. The molecule has 3 rings (SSSR count). The van der Waals surface area contributed by atoms with E-state index in [0.717, 1.165) is 4.90 Å². The Hall–Kier alpha value is -2.07. The number of rotatable bonds is 7. The van der Waals surface area contributed by atoms with Gasteiger partial charge in [-0.2, -0.15) is 4.31 Å². The molecule has 0 radical (unpaired) electrons. The quantitative estimate of drug-likeness (QED) is 0.674. The van der Waals surface area contributed by atoms with Gasteiger partial charge in [0.05, 0.1) is 27.0 Å². The zero-order chi connectivity index (χ0) is 21.9. The molecule has 1 aliphatic heterocycles. The summed E-state index contributed by atoms with van der Waals surface area (Å²) in [4.78, 5) is 27.3. The van der Waals surface area contributed by atoms with Crippen molar-refractivity contribution in [2.24, 2.45) is 0 Å². The number of fused-ring (bicyclic) bond motifs is 1. The molecule has 0 aromatic heterocycles. The number of nitrogens with one attached hydrogen (secondary N) is 1. The Morgan fingerprint density at radius 2 is 1.90 bits per heavy atom. The molecule has 0 atom stereocenters. The summed E-state index contributed by atoms with van der Waals surface area (Å²) in [5.74, 6) is -0.514. The SMILES string of the molecule is CCN(CC)S(=O)(=O)c1ccc2c(c1)N(CC(=O)Nc1ccccc1Cl)C(=O)CS2. The second-order valence-corrected chi connectivity index (χ2v) is 9.88. The molecule has 0 fully saturated rings. The zero-order valence-electron chi connectivity index (χ0n) is 16.6. The van der Waals surface area contributed by atoms with Crippen molar-refractivity contribution in [1.29, 1.82) is 0 Å². The highest BCUT2D eigenvalue weighted by Gasteiger charge is 2.30. The molecule has 1 heterocycles. The largest absolute Gasteiger partial charge is 0.323 e. The predicted molar refractivity (Wildman–Crippen MR) is 120 cm³/mol. The van der Waals surface area contributed by atoms with Crippen LogP contribution in [0.3, 0.4) is 0 Å². The molecular formula is C20H22ClN3O4S2. The van der Waals surface area contributed by atoms with E-state index in [1.807, 2.05) is 0 Å². The Morgan fingerprint density at radius 3 is 2.57 bits per heavy atom. The van der Waals surface area contributed by atoms with E-state index in [2.05, 4.69) is 5.32 Å². The van der Waals surface area contributed by atoms with Crippen LogP contribution in [-0.4, -0.2) is 49.9 Å². The number of thioether (sulfide) groups is 1. The lowest BCUT2D eigenvalue weighted by Crippen LogP contribution is -2.41. The number of amides is 2. The van der Waals surface area contributed by atoms with Crippen molar-refractivity contribution in [1.82, 2.24) is 4.31 Å². The highest BCUT2D eigenvalue weighted by Crippen LogP contribution is 2.37. The summed E-state index contributed by atoms with van der Waals surface area (Å²) in [6.45, 7) is 3.97. The van der Waals surface area contributed by atoms with E-state index in [4.69, 9.17) is 11.6 Å². The highest BCUT2D eigenvalue weighted by atomic mass is 35.5. The molecule has 0 saturated heterocycles. The molecule has 7 nitrogen and oxygen atoms in total. The molecule has 2 amide bonds. The second-order valence-electron chi connectivity index (χ2n) is 6.52. The number of carbonyl (C=O) groups is 2. The van der Waals surface area contributed by atoms with E-state index in [9.17, 15) is 18.0 Å². The number of benzene rings is 2. The van der Waals surface area contributed by atoms with Gasteiger partial charge in [0.1, 0.15) is 6.54 Å². The number of nitrogens with zero attached hydrogens (tertiary/aromatic N) is 2. The van der Waals surface area contributed by atoms with Gasteiger partial charge in [-0.1, -0.05) is 37.6 Å². The molecule has 10 heteroatoms.